The quantitative estimate of drug-likeness (QED) is 0.758. The maximum atomic E-state index is 11.6. The molecule has 2 aromatic rings. The minimum atomic E-state index is -0.113. The summed E-state index contributed by atoms with van der Waals surface area (Å²) in [7, 11) is 0. The molecule has 1 aromatic carbocycles. The van der Waals surface area contributed by atoms with E-state index >= 15 is 0 Å². The lowest BCUT2D eigenvalue weighted by atomic mass is 10.1. The Morgan fingerprint density at radius 3 is 2.80 bits per heavy atom. The van der Waals surface area contributed by atoms with Crippen molar-refractivity contribution in [2.75, 3.05) is 18.4 Å². The second-order valence-corrected chi connectivity index (χ2v) is 4.64. The summed E-state index contributed by atoms with van der Waals surface area (Å²) in [6.45, 7) is 2.87. The third kappa shape index (κ3) is 4.85. The molecule has 5 heteroatoms. The Hall–Kier alpha value is -2.14. The summed E-state index contributed by atoms with van der Waals surface area (Å²) >= 11 is 0. The van der Waals surface area contributed by atoms with Gasteiger partial charge in [-0.15, -0.1) is 0 Å². The van der Waals surface area contributed by atoms with Gasteiger partial charge in [-0.1, -0.05) is 35.5 Å². The summed E-state index contributed by atoms with van der Waals surface area (Å²) in [6.07, 6.45) is 2.01. The fourth-order valence-electron chi connectivity index (χ4n) is 1.88. The van der Waals surface area contributed by atoms with Gasteiger partial charge < -0.3 is 15.2 Å². The Morgan fingerprint density at radius 1 is 1.30 bits per heavy atom. The fraction of sp³-hybridized carbons (Fsp3) is 0.333. The van der Waals surface area contributed by atoms with Gasteiger partial charge in [0.05, 0.1) is 6.54 Å². The minimum absolute atomic E-state index is 0.113. The van der Waals surface area contributed by atoms with Gasteiger partial charge in [0.25, 0.3) is 0 Å². The standard InChI is InChI=1S/C15H19N3O2/c1-12-10-14(18-20-12)17-15(19)11-16-9-5-8-13-6-3-2-4-7-13/h2-4,6-7,10,16H,5,8-9,11H2,1H3,(H,17,18,19). The van der Waals surface area contributed by atoms with Crippen LogP contribution < -0.4 is 10.6 Å². The van der Waals surface area contributed by atoms with Gasteiger partial charge in [0, 0.05) is 6.07 Å². The number of amides is 1. The molecule has 1 amide bonds. The molecule has 1 aromatic heterocycles. The molecule has 0 saturated heterocycles. The van der Waals surface area contributed by atoms with E-state index < -0.39 is 0 Å². The number of rotatable bonds is 7. The van der Waals surface area contributed by atoms with Crippen LogP contribution in [-0.4, -0.2) is 24.2 Å². The van der Waals surface area contributed by atoms with Crippen molar-refractivity contribution in [2.24, 2.45) is 0 Å². The van der Waals surface area contributed by atoms with E-state index in [1.54, 1.807) is 13.0 Å². The third-order valence-corrected chi connectivity index (χ3v) is 2.84. The molecule has 106 valence electrons. The Balaban J connectivity index is 1.58. The highest BCUT2D eigenvalue weighted by atomic mass is 16.5. The molecule has 2 N–H and O–H groups in total. The van der Waals surface area contributed by atoms with Gasteiger partial charge in [0.2, 0.25) is 5.91 Å². The molecular formula is C15H19N3O2. The number of carbonyl (C=O) groups is 1. The van der Waals surface area contributed by atoms with Crippen LogP contribution in [0.25, 0.3) is 0 Å². The molecule has 0 radical (unpaired) electrons. The SMILES string of the molecule is Cc1cc(NC(=O)CNCCCc2ccccc2)no1. The van der Waals surface area contributed by atoms with Crippen molar-refractivity contribution in [2.45, 2.75) is 19.8 Å². The van der Waals surface area contributed by atoms with Gasteiger partial charge in [0.15, 0.2) is 5.82 Å². The smallest absolute Gasteiger partial charge is 0.239 e. The van der Waals surface area contributed by atoms with Gasteiger partial charge in [0.1, 0.15) is 5.76 Å². The minimum Gasteiger partial charge on any atom is -0.360 e. The zero-order valence-electron chi connectivity index (χ0n) is 11.6. The first-order chi connectivity index (χ1) is 9.74. The zero-order chi connectivity index (χ0) is 14.2. The van der Waals surface area contributed by atoms with Gasteiger partial charge in [-0.3, -0.25) is 4.79 Å². The molecule has 0 bridgehead atoms. The van der Waals surface area contributed by atoms with Crippen LogP contribution in [0.4, 0.5) is 5.82 Å². The number of aromatic nitrogens is 1. The molecule has 0 fully saturated rings. The van der Waals surface area contributed by atoms with Crippen molar-refractivity contribution in [1.82, 2.24) is 10.5 Å². The predicted molar refractivity (Wildman–Crippen MR) is 77.5 cm³/mol. The van der Waals surface area contributed by atoms with E-state index in [-0.39, 0.29) is 12.5 Å². The van der Waals surface area contributed by atoms with E-state index in [2.05, 4.69) is 27.9 Å². The summed E-state index contributed by atoms with van der Waals surface area (Å²) in [5.41, 5.74) is 1.32. The molecule has 0 saturated carbocycles. The lowest BCUT2D eigenvalue weighted by Gasteiger charge is -2.04. The van der Waals surface area contributed by atoms with Gasteiger partial charge in [-0.05, 0) is 31.9 Å². The van der Waals surface area contributed by atoms with Gasteiger partial charge in [-0.25, -0.2) is 0 Å². The number of hydrogen-bond donors (Lipinski definition) is 2. The Kier molecular flexibility index (Phi) is 5.32. The fourth-order valence-corrected chi connectivity index (χ4v) is 1.88. The van der Waals surface area contributed by atoms with Crippen molar-refractivity contribution in [1.29, 1.82) is 0 Å². The van der Waals surface area contributed by atoms with E-state index in [0.29, 0.717) is 11.6 Å². The van der Waals surface area contributed by atoms with Crippen LogP contribution in [-0.2, 0) is 11.2 Å². The normalized spacial score (nSPS) is 10.4. The largest absolute Gasteiger partial charge is 0.360 e. The summed E-state index contributed by atoms with van der Waals surface area (Å²) in [5.74, 6) is 1.02. The number of hydrogen-bond acceptors (Lipinski definition) is 4. The summed E-state index contributed by atoms with van der Waals surface area (Å²) < 4.78 is 4.87. The van der Waals surface area contributed by atoms with Crippen LogP contribution in [0.1, 0.15) is 17.7 Å². The third-order valence-electron chi connectivity index (χ3n) is 2.84. The second-order valence-electron chi connectivity index (χ2n) is 4.64. The van der Waals surface area contributed by atoms with Crippen LogP contribution in [0.3, 0.4) is 0 Å². The Morgan fingerprint density at radius 2 is 2.10 bits per heavy atom. The van der Waals surface area contributed by atoms with E-state index in [9.17, 15) is 4.79 Å². The lowest BCUT2D eigenvalue weighted by Crippen LogP contribution is -2.29. The highest BCUT2D eigenvalue weighted by Crippen LogP contribution is 2.06. The van der Waals surface area contributed by atoms with E-state index in [4.69, 9.17) is 4.52 Å². The molecule has 1 heterocycles. The molecule has 0 aliphatic heterocycles. The van der Waals surface area contributed by atoms with Crippen molar-refractivity contribution < 1.29 is 9.32 Å². The monoisotopic (exact) mass is 273 g/mol. The molecule has 0 atom stereocenters. The second kappa shape index (κ2) is 7.45. The van der Waals surface area contributed by atoms with Crippen LogP contribution in [0, 0.1) is 6.92 Å². The summed E-state index contributed by atoms with van der Waals surface area (Å²) in [6, 6.07) is 12.0. The maximum absolute atomic E-state index is 11.6. The first kappa shape index (κ1) is 14.3. The average Bonchev–Trinajstić information content (AvgIpc) is 2.85. The molecule has 0 aliphatic carbocycles. The van der Waals surface area contributed by atoms with Crippen LogP contribution >= 0.6 is 0 Å². The van der Waals surface area contributed by atoms with Crippen LogP contribution in [0.5, 0.6) is 0 Å². The van der Waals surface area contributed by atoms with Crippen molar-refractivity contribution in [3.8, 4) is 0 Å². The predicted octanol–water partition coefficient (Wildman–Crippen LogP) is 2.14. The van der Waals surface area contributed by atoms with E-state index in [1.807, 2.05) is 18.2 Å². The lowest BCUT2D eigenvalue weighted by molar-refractivity contribution is -0.115. The van der Waals surface area contributed by atoms with Crippen molar-refractivity contribution >= 4 is 11.7 Å². The highest BCUT2D eigenvalue weighted by molar-refractivity contribution is 5.91. The molecular weight excluding hydrogens is 254 g/mol. The van der Waals surface area contributed by atoms with Gasteiger partial charge >= 0.3 is 0 Å². The summed E-state index contributed by atoms with van der Waals surface area (Å²) in [5, 5.41) is 9.48. The maximum Gasteiger partial charge on any atom is 0.239 e. The number of nitrogens with one attached hydrogen (secondary N) is 2. The molecule has 0 unspecified atom stereocenters. The Bertz CT molecular complexity index is 537. The number of benzene rings is 1. The zero-order valence-corrected chi connectivity index (χ0v) is 11.6. The molecule has 20 heavy (non-hydrogen) atoms. The number of nitrogens with zero attached hydrogens (tertiary/aromatic N) is 1. The Labute approximate surface area is 118 Å². The molecule has 5 nitrogen and oxygen atoms in total. The van der Waals surface area contributed by atoms with Gasteiger partial charge in [-0.2, -0.15) is 0 Å². The van der Waals surface area contributed by atoms with Crippen LogP contribution in [0.15, 0.2) is 40.9 Å². The van der Waals surface area contributed by atoms with E-state index in [0.717, 1.165) is 19.4 Å². The number of aryl methyl sites for hydroxylation is 2. The van der Waals surface area contributed by atoms with Crippen LogP contribution in [0.2, 0.25) is 0 Å². The first-order valence-corrected chi connectivity index (χ1v) is 6.72. The highest BCUT2D eigenvalue weighted by Gasteiger charge is 2.05. The van der Waals surface area contributed by atoms with E-state index in [1.165, 1.54) is 5.56 Å². The molecule has 0 spiro atoms. The molecule has 2 rings (SSSR count). The first-order valence-electron chi connectivity index (χ1n) is 6.72. The van der Waals surface area contributed by atoms with Crippen molar-refractivity contribution in [3.63, 3.8) is 0 Å². The summed E-state index contributed by atoms with van der Waals surface area (Å²) in [4.78, 5) is 11.6. The number of anilines is 1. The topological polar surface area (TPSA) is 67.2 Å². The number of carbonyl (C=O) groups excluding carboxylic acids is 1. The van der Waals surface area contributed by atoms with Crippen molar-refractivity contribution in [3.05, 3.63) is 47.7 Å². The average molecular weight is 273 g/mol. The molecule has 0 aliphatic rings.